The van der Waals surface area contributed by atoms with Gasteiger partial charge in [0.05, 0.1) is 22.9 Å². The van der Waals surface area contributed by atoms with E-state index >= 15 is 0 Å². The number of carboxylic acids is 1. The number of para-hydroxylation sites is 1. The molecule has 0 aliphatic heterocycles. The van der Waals surface area contributed by atoms with Gasteiger partial charge in [-0.3, -0.25) is 0 Å². The summed E-state index contributed by atoms with van der Waals surface area (Å²) in [5.41, 5.74) is 2.72. The zero-order valence-corrected chi connectivity index (χ0v) is 15.7. The predicted molar refractivity (Wildman–Crippen MR) is 103 cm³/mol. The molecule has 0 bridgehead atoms. The number of nitrogens with one attached hydrogen (secondary N) is 1. The maximum Gasteiger partial charge on any atom is 0.337 e. The highest BCUT2D eigenvalue weighted by atomic mass is 35.5. The molecule has 0 spiro atoms. The average Bonchev–Trinajstić information content (AvgIpc) is 2.54. The van der Waals surface area contributed by atoms with Gasteiger partial charge in [-0.15, -0.1) is 0 Å². The maximum absolute atomic E-state index is 11.3. The number of hydrogen-bond donors (Lipinski definition) is 2. The molecule has 0 aliphatic rings. The van der Waals surface area contributed by atoms with Crippen molar-refractivity contribution in [3.63, 3.8) is 0 Å². The number of halogens is 2. The molecule has 0 saturated carbocycles. The number of aryl methyl sites for hydroxylation is 2. The van der Waals surface area contributed by atoms with Crippen molar-refractivity contribution in [1.29, 1.82) is 0 Å². The molecule has 0 aliphatic carbocycles. The molecule has 0 amide bonds. The summed E-state index contributed by atoms with van der Waals surface area (Å²) in [6, 6.07) is 8.99. The van der Waals surface area contributed by atoms with E-state index in [2.05, 4.69) is 5.32 Å². The first-order valence-electron chi connectivity index (χ1n) is 8.05. The van der Waals surface area contributed by atoms with E-state index in [1.54, 1.807) is 0 Å². The minimum atomic E-state index is -1.06. The largest absolute Gasteiger partial charge is 0.493 e. The second-order valence-electron chi connectivity index (χ2n) is 5.82. The van der Waals surface area contributed by atoms with Crippen molar-refractivity contribution >= 4 is 34.9 Å². The standard InChI is InChI=1S/C19H21Cl2NO3/c1-12-6-5-7-13(2)18(12)25-9-4-3-8-22-17-15(19(23)24)10-14(20)11-16(17)21/h5-7,10-11,22H,3-4,8-9H2,1-2H3,(H,23,24). The van der Waals surface area contributed by atoms with Crippen LogP contribution in [0.2, 0.25) is 10.0 Å². The Morgan fingerprint density at radius 1 is 1.16 bits per heavy atom. The quantitative estimate of drug-likeness (QED) is 0.585. The first kappa shape index (κ1) is 19.4. The fourth-order valence-corrected chi connectivity index (χ4v) is 3.12. The summed E-state index contributed by atoms with van der Waals surface area (Å²) in [7, 11) is 0. The second kappa shape index (κ2) is 8.97. The summed E-state index contributed by atoms with van der Waals surface area (Å²) in [6.07, 6.45) is 1.66. The summed E-state index contributed by atoms with van der Waals surface area (Å²) in [6.45, 7) is 5.25. The molecule has 2 rings (SSSR count). The van der Waals surface area contributed by atoms with Crippen LogP contribution in [0.3, 0.4) is 0 Å². The van der Waals surface area contributed by atoms with Crippen molar-refractivity contribution in [2.75, 3.05) is 18.5 Å². The van der Waals surface area contributed by atoms with Crippen LogP contribution in [-0.4, -0.2) is 24.2 Å². The molecule has 0 heterocycles. The number of carbonyl (C=O) groups is 1. The molecule has 134 valence electrons. The molecule has 2 N–H and O–H groups in total. The lowest BCUT2D eigenvalue weighted by Gasteiger charge is -2.13. The Bertz CT molecular complexity index is 742. The highest BCUT2D eigenvalue weighted by Crippen LogP contribution is 2.30. The number of anilines is 1. The lowest BCUT2D eigenvalue weighted by Crippen LogP contribution is -2.10. The van der Waals surface area contributed by atoms with Gasteiger partial charge in [0.2, 0.25) is 0 Å². The van der Waals surface area contributed by atoms with Gasteiger partial charge in [-0.1, -0.05) is 41.4 Å². The molecule has 0 saturated heterocycles. The minimum Gasteiger partial charge on any atom is -0.493 e. The van der Waals surface area contributed by atoms with Gasteiger partial charge in [0.1, 0.15) is 5.75 Å². The molecule has 25 heavy (non-hydrogen) atoms. The monoisotopic (exact) mass is 381 g/mol. The first-order valence-corrected chi connectivity index (χ1v) is 8.81. The maximum atomic E-state index is 11.3. The molecule has 0 fully saturated rings. The molecular formula is C19H21Cl2NO3. The van der Waals surface area contributed by atoms with Gasteiger partial charge in [-0.05, 0) is 49.9 Å². The number of unbranched alkanes of at least 4 members (excludes halogenated alkanes) is 1. The number of benzene rings is 2. The van der Waals surface area contributed by atoms with E-state index in [0.29, 0.717) is 28.9 Å². The third kappa shape index (κ3) is 5.28. The molecule has 0 aromatic heterocycles. The number of carboxylic acid groups (broad SMARTS) is 1. The molecule has 0 atom stereocenters. The van der Waals surface area contributed by atoms with Crippen molar-refractivity contribution in [2.45, 2.75) is 26.7 Å². The van der Waals surface area contributed by atoms with E-state index < -0.39 is 5.97 Å². The summed E-state index contributed by atoms with van der Waals surface area (Å²) in [4.78, 5) is 11.3. The normalized spacial score (nSPS) is 10.6. The van der Waals surface area contributed by atoms with Crippen LogP contribution in [0.25, 0.3) is 0 Å². The summed E-state index contributed by atoms with van der Waals surface area (Å²) >= 11 is 12.0. The van der Waals surface area contributed by atoms with Crippen LogP contribution in [-0.2, 0) is 0 Å². The fourth-order valence-electron chi connectivity index (χ4n) is 2.56. The third-order valence-electron chi connectivity index (χ3n) is 3.81. The van der Waals surface area contributed by atoms with E-state index in [1.165, 1.54) is 12.1 Å². The van der Waals surface area contributed by atoms with Crippen LogP contribution in [0.1, 0.15) is 34.3 Å². The van der Waals surface area contributed by atoms with Crippen LogP contribution < -0.4 is 10.1 Å². The van der Waals surface area contributed by atoms with Crippen LogP contribution in [0.4, 0.5) is 5.69 Å². The Morgan fingerprint density at radius 2 is 1.84 bits per heavy atom. The van der Waals surface area contributed by atoms with Gasteiger partial charge in [0.25, 0.3) is 0 Å². The molecule has 4 nitrogen and oxygen atoms in total. The zero-order valence-electron chi connectivity index (χ0n) is 14.2. The lowest BCUT2D eigenvalue weighted by molar-refractivity contribution is 0.0698. The van der Waals surface area contributed by atoms with Gasteiger partial charge < -0.3 is 15.2 Å². The lowest BCUT2D eigenvalue weighted by atomic mass is 10.1. The van der Waals surface area contributed by atoms with Crippen LogP contribution in [0.15, 0.2) is 30.3 Å². The molecule has 0 unspecified atom stereocenters. The topological polar surface area (TPSA) is 58.6 Å². The van der Waals surface area contributed by atoms with Gasteiger partial charge in [-0.2, -0.15) is 0 Å². The van der Waals surface area contributed by atoms with E-state index in [9.17, 15) is 9.90 Å². The number of hydrogen-bond acceptors (Lipinski definition) is 3. The molecule has 2 aromatic rings. The summed E-state index contributed by atoms with van der Waals surface area (Å²) in [5, 5.41) is 12.9. The smallest absolute Gasteiger partial charge is 0.337 e. The Morgan fingerprint density at radius 3 is 2.48 bits per heavy atom. The summed E-state index contributed by atoms with van der Waals surface area (Å²) < 4.78 is 5.86. The van der Waals surface area contributed by atoms with Gasteiger partial charge in [0.15, 0.2) is 0 Å². The predicted octanol–water partition coefficient (Wildman–Crippen LogP) is 5.58. The van der Waals surface area contributed by atoms with Crippen molar-refractivity contribution in [3.8, 4) is 5.75 Å². The van der Waals surface area contributed by atoms with E-state index in [4.69, 9.17) is 27.9 Å². The van der Waals surface area contributed by atoms with Gasteiger partial charge in [0, 0.05) is 11.6 Å². The fraction of sp³-hybridized carbons (Fsp3) is 0.316. The number of aromatic carboxylic acids is 1. The zero-order chi connectivity index (χ0) is 18.4. The van der Waals surface area contributed by atoms with E-state index in [0.717, 1.165) is 29.7 Å². The number of rotatable bonds is 8. The van der Waals surface area contributed by atoms with Crippen LogP contribution >= 0.6 is 23.2 Å². The SMILES string of the molecule is Cc1cccc(C)c1OCCCCNc1c(Cl)cc(Cl)cc1C(=O)O. The van der Waals surface area contributed by atoms with Crippen molar-refractivity contribution in [2.24, 2.45) is 0 Å². The Balaban J connectivity index is 1.83. The van der Waals surface area contributed by atoms with E-state index in [1.807, 2.05) is 32.0 Å². The molecular weight excluding hydrogens is 361 g/mol. The molecule has 6 heteroatoms. The van der Waals surface area contributed by atoms with Crippen molar-refractivity contribution < 1.29 is 14.6 Å². The second-order valence-corrected chi connectivity index (χ2v) is 6.66. The molecule has 0 radical (unpaired) electrons. The average molecular weight is 382 g/mol. The highest BCUT2D eigenvalue weighted by Gasteiger charge is 2.14. The van der Waals surface area contributed by atoms with Crippen molar-refractivity contribution in [3.05, 3.63) is 57.1 Å². The Hall–Kier alpha value is -1.91. The summed E-state index contributed by atoms with van der Waals surface area (Å²) in [5.74, 6) is -0.130. The first-order chi connectivity index (χ1) is 11.9. The van der Waals surface area contributed by atoms with Crippen molar-refractivity contribution in [1.82, 2.24) is 0 Å². The van der Waals surface area contributed by atoms with Crippen LogP contribution in [0, 0.1) is 13.8 Å². The Labute approximate surface area is 157 Å². The van der Waals surface area contributed by atoms with Crippen LogP contribution in [0.5, 0.6) is 5.75 Å². The van der Waals surface area contributed by atoms with Gasteiger partial charge >= 0.3 is 5.97 Å². The van der Waals surface area contributed by atoms with E-state index in [-0.39, 0.29) is 5.56 Å². The third-order valence-corrected chi connectivity index (χ3v) is 4.33. The minimum absolute atomic E-state index is 0.0734. The van der Waals surface area contributed by atoms with Gasteiger partial charge in [-0.25, -0.2) is 4.79 Å². The number of ether oxygens (including phenoxy) is 1. The highest BCUT2D eigenvalue weighted by molar-refractivity contribution is 6.37. The Kier molecular flexibility index (Phi) is 6.97. The molecule has 2 aromatic carbocycles.